The Balaban J connectivity index is 1.45. The van der Waals surface area contributed by atoms with E-state index in [0.717, 1.165) is 12.8 Å². The molecule has 30 heavy (non-hydrogen) atoms. The van der Waals surface area contributed by atoms with Crippen molar-refractivity contribution in [2.75, 3.05) is 32.8 Å². The van der Waals surface area contributed by atoms with Crippen LogP contribution in [0.25, 0.3) is 0 Å². The Morgan fingerprint density at radius 1 is 0.933 bits per heavy atom. The zero-order valence-electron chi connectivity index (χ0n) is 17.1. The molecule has 0 atom stereocenters. The highest BCUT2D eigenvalue weighted by Crippen LogP contribution is 2.27. The molecule has 1 aliphatic rings. The van der Waals surface area contributed by atoms with Gasteiger partial charge in [0, 0.05) is 37.6 Å². The Morgan fingerprint density at radius 3 is 2.27 bits per heavy atom. The van der Waals surface area contributed by atoms with E-state index < -0.39 is 0 Å². The fourth-order valence-corrected chi connectivity index (χ4v) is 3.87. The van der Waals surface area contributed by atoms with Crippen LogP contribution in [0.3, 0.4) is 0 Å². The van der Waals surface area contributed by atoms with Crippen molar-refractivity contribution in [3.63, 3.8) is 0 Å². The Morgan fingerprint density at radius 2 is 1.60 bits per heavy atom. The van der Waals surface area contributed by atoms with E-state index >= 15 is 0 Å². The minimum absolute atomic E-state index is 0.0945. The number of ether oxygens (including phenoxy) is 1. The third kappa shape index (κ3) is 6.38. The molecule has 1 saturated heterocycles. The van der Waals surface area contributed by atoms with Crippen molar-refractivity contribution in [2.24, 2.45) is 0 Å². The summed E-state index contributed by atoms with van der Waals surface area (Å²) in [6.45, 7) is 4.28. The van der Waals surface area contributed by atoms with Crippen LogP contribution < -0.4 is 4.74 Å². The second-order valence-corrected chi connectivity index (χ2v) is 8.31. The van der Waals surface area contributed by atoms with E-state index in [9.17, 15) is 9.59 Å². The Hall–Kier alpha value is -2.24. The van der Waals surface area contributed by atoms with Crippen LogP contribution in [0.4, 0.5) is 0 Å². The number of carbonyl (C=O) groups excluding carboxylic acids is 2. The first-order chi connectivity index (χ1) is 14.4. The first kappa shape index (κ1) is 22.4. The summed E-state index contributed by atoms with van der Waals surface area (Å²) in [4.78, 5) is 28.8. The SMILES string of the molecule is Cc1ccc(CCC(=O)N2CCCN(C(=O)COc3ccc(Cl)cc3Cl)CC2)cc1. The molecular weight excluding hydrogens is 423 g/mol. The van der Waals surface area contributed by atoms with Crippen LogP contribution in [0, 0.1) is 6.92 Å². The number of amides is 2. The van der Waals surface area contributed by atoms with Crippen molar-refractivity contribution in [1.82, 2.24) is 9.80 Å². The van der Waals surface area contributed by atoms with Gasteiger partial charge in [-0.1, -0.05) is 53.0 Å². The Bertz CT molecular complexity index is 887. The van der Waals surface area contributed by atoms with Gasteiger partial charge in [0.25, 0.3) is 5.91 Å². The van der Waals surface area contributed by atoms with Crippen LogP contribution in [0.1, 0.15) is 24.0 Å². The van der Waals surface area contributed by atoms with E-state index in [0.29, 0.717) is 48.4 Å². The monoisotopic (exact) mass is 448 g/mol. The van der Waals surface area contributed by atoms with Crippen molar-refractivity contribution >= 4 is 35.0 Å². The van der Waals surface area contributed by atoms with E-state index in [2.05, 4.69) is 24.3 Å². The lowest BCUT2D eigenvalue weighted by atomic mass is 10.1. The number of nitrogens with zero attached hydrogens (tertiary/aromatic N) is 2. The maximum atomic E-state index is 12.6. The third-order valence-corrected chi connectivity index (χ3v) is 5.72. The summed E-state index contributed by atoms with van der Waals surface area (Å²) in [5.41, 5.74) is 2.38. The Kier molecular flexibility index (Phi) is 8.00. The van der Waals surface area contributed by atoms with Gasteiger partial charge in [0.1, 0.15) is 5.75 Å². The van der Waals surface area contributed by atoms with Crippen molar-refractivity contribution < 1.29 is 14.3 Å². The largest absolute Gasteiger partial charge is 0.482 e. The molecule has 160 valence electrons. The summed E-state index contributed by atoms with van der Waals surface area (Å²) in [7, 11) is 0. The van der Waals surface area contributed by atoms with Gasteiger partial charge < -0.3 is 14.5 Å². The lowest BCUT2D eigenvalue weighted by molar-refractivity contribution is -0.134. The average molecular weight is 449 g/mol. The number of rotatable bonds is 6. The summed E-state index contributed by atoms with van der Waals surface area (Å²) >= 11 is 12.0. The van der Waals surface area contributed by atoms with Gasteiger partial charge in [-0.3, -0.25) is 9.59 Å². The van der Waals surface area contributed by atoms with Crippen LogP contribution >= 0.6 is 23.2 Å². The molecule has 2 amide bonds. The van der Waals surface area contributed by atoms with Gasteiger partial charge >= 0.3 is 0 Å². The highest BCUT2D eigenvalue weighted by Gasteiger charge is 2.22. The lowest BCUT2D eigenvalue weighted by Crippen LogP contribution is -2.39. The molecule has 0 aromatic heterocycles. The van der Waals surface area contributed by atoms with Crippen molar-refractivity contribution in [1.29, 1.82) is 0 Å². The number of benzene rings is 2. The predicted octanol–water partition coefficient (Wildman–Crippen LogP) is 4.37. The summed E-state index contributed by atoms with van der Waals surface area (Å²) in [6, 6.07) is 13.2. The van der Waals surface area contributed by atoms with Crippen LogP contribution in [-0.4, -0.2) is 54.4 Å². The zero-order valence-corrected chi connectivity index (χ0v) is 18.6. The molecule has 5 nitrogen and oxygen atoms in total. The van der Waals surface area contributed by atoms with Crippen molar-refractivity contribution in [3.8, 4) is 5.75 Å². The molecule has 3 rings (SSSR count). The second-order valence-electron chi connectivity index (χ2n) is 7.46. The van der Waals surface area contributed by atoms with Gasteiger partial charge in [0.15, 0.2) is 6.61 Å². The molecule has 7 heteroatoms. The van der Waals surface area contributed by atoms with Gasteiger partial charge in [-0.15, -0.1) is 0 Å². The fraction of sp³-hybridized carbons (Fsp3) is 0.391. The summed E-state index contributed by atoms with van der Waals surface area (Å²) < 4.78 is 5.56. The first-order valence-electron chi connectivity index (χ1n) is 10.1. The quantitative estimate of drug-likeness (QED) is 0.658. The van der Waals surface area contributed by atoms with Crippen LogP contribution in [0.2, 0.25) is 10.0 Å². The topological polar surface area (TPSA) is 49.9 Å². The fourth-order valence-electron chi connectivity index (χ4n) is 3.40. The second kappa shape index (κ2) is 10.7. The molecule has 1 aliphatic heterocycles. The van der Waals surface area contributed by atoms with Crippen LogP contribution in [0.5, 0.6) is 5.75 Å². The maximum absolute atomic E-state index is 12.6. The normalized spacial score (nSPS) is 14.4. The van der Waals surface area contributed by atoms with E-state index in [1.165, 1.54) is 11.1 Å². The molecule has 2 aromatic rings. The highest BCUT2D eigenvalue weighted by molar-refractivity contribution is 6.35. The molecular formula is C23H26Cl2N2O3. The predicted molar refractivity (Wildman–Crippen MR) is 119 cm³/mol. The number of hydrogen-bond donors (Lipinski definition) is 0. The average Bonchev–Trinajstić information content (AvgIpc) is 2.99. The molecule has 1 heterocycles. The van der Waals surface area contributed by atoms with Crippen molar-refractivity contribution in [3.05, 3.63) is 63.6 Å². The molecule has 2 aromatic carbocycles. The molecule has 0 radical (unpaired) electrons. The summed E-state index contributed by atoms with van der Waals surface area (Å²) in [5, 5.41) is 0.884. The minimum atomic E-state index is -0.116. The molecule has 0 N–H and O–H groups in total. The van der Waals surface area contributed by atoms with E-state index in [1.54, 1.807) is 23.1 Å². The van der Waals surface area contributed by atoms with Gasteiger partial charge in [-0.25, -0.2) is 0 Å². The molecule has 1 fully saturated rings. The lowest BCUT2D eigenvalue weighted by Gasteiger charge is -2.22. The summed E-state index contributed by atoms with van der Waals surface area (Å²) in [5.74, 6) is 0.446. The summed E-state index contributed by atoms with van der Waals surface area (Å²) in [6.07, 6.45) is 1.97. The highest BCUT2D eigenvalue weighted by atomic mass is 35.5. The molecule has 0 bridgehead atoms. The van der Waals surface area contributed by atoms with Gasteiger partial charge in [0.2, 0.25) is 5.91 Å². The number of carbonyl (C=O) groups is 2. The third-order valence-electron chi connectivity index (χ3n) is 5.19. The maximum Gasteiger partial charge on any atom is 0.260 e. The van der Waals surface area contributed by atoms with Gasteiger partial charge in [0.05, 0.1) is 5.02 Å². The smallest absolute Gasteiger partial charge is 0.260 e. The van der Waals surface area contributed by atoms with Crippen LogP contribution in [-0.2, 0) is 16.0 Å². The van der Waals surface area contributed by atoms with Gasteiger partial charge in [-0.2, -0.15) is 0 Å². The zero-order chi connectivity index (χ0) is 21.5. The molecule has 0 aliphatic carbocycles. The number of hydrogen-bond acceptors (Lipinski definition) is 3. The number of halogens is 2. The molecule has 0 spiro atoms. The first-order valence-corrected chi connectivity index (χ1v) is 10.9. The van der Waals surface area contributed by atoms with E-state index in [4.69, 9.17) is 27.9 Å². The van der Waals surface area contributed by atoms with Crippen LogP contribution in [0.15, 0.2) is 42.5 Å². The Labute approximate surface area is 187 Å². The van der Waals surface area contributed by atoms with E-state index in [1.807, 2.05) is 11.8 Å². The van der Waals surface area contributed by atoms with E-state index in [-0.39, 0.29) is 18.4 Å². The van der Waals surface area contributed by atoms with Crippen molar-refractivity contribution in [2.45, 2.75) is 26.2 Å². The van der Waals surface area contributed by atoms with Gasteiger partial charge in [-0.05, 0) is 43.5 Å². The number of aryl methyl sites for hydroxylation is 2. The molecule has 0 unspecified atom stereocenters. The molecule has 0 saturated carbocycles. The minimum Gasteiger partial charge on any atom is -0.482 e. The standard InChI is InChI=1S/C23H26Cl2N2O3/c1-17-3-5-18(6-4-17)7-10-22(28)26-11-2-12-27(14-13-26)23(29)16-30-21-9-8-19(24)15-20(21)25/h3-6,8-9,15H,2,7,10-14,16H2,1H3.